The molecule has 0 amide bonds. The zero-order valence-corrected chi connectivity index (χ0v) is 12.0. The number of hydrogen-bond donors (Lipinski definition) is 2. The Bertz CT molecular complexity index is 484. The molecule has 2 rings (SSSR count). The molecule has 1 saturated heterocycles. The van der Waals surface area contributed by atoms with Crippen LogP contribution in [0.25, 0.3) is 0 Å². The zero-order chi connectivity index (χ0) is 14.7. The number of nitrogens with zero attached hydrogens (tertiary/aromatic N) is 3. The van der Waals surface area contributed by atoms with Crippen LogP contribution in [0.1, 0.15) is 23.2 Å². The summed E-state index contributed by atoms with van der Waals surface area (Å²) in [5, 5.41) is 9.09. The van der Waals surface area contributed by atoms with E-state index < -0.39 is 5.97 Å². The molecule has 0 bridgehead atoms. The molecule has 0 radical (unpaired) electrons. The predicted molar refractivity (Wildman–Crippen MR) is 79.1 cm³/mol. The Hall–Kier alpha value is -1.82. The van der Waals surface area contributed by atoms with E-state index in [-0.39, 0.29) is 11.3 Å². The standard InChI is InChI=1S/C14H22N4O2/c1-17-5-3-10(4-6-17)9-18(2)13-7-11(14(19)20)12(15)8-16-13/h7-8,10H,3-6,9,15H2,1-2H3,(H,19,20). The summed E-state index contributed by atoms with van der Waals surface area (Å²) in [7, 11) is 4.09. The second-order valence-corrected chi connectivity index (χ2v) is 5.56. The Labute approximate surface area is 119 Å². The Morgan fingerprint density at radius 1 is 1.55 bits per heavy atom. The number of anilines is 2. The van der Waals surface area contributed by atoms with Crippen molar-refractivity contribution in [1.82, 2.24) is 9.88 Å². The Kier molecular flexibility index (Phi) is 4.44. The topological polar surface area (TPSA) is 82.7 Å². The van der Waals surface area contributed by atoms with Crippen molar-refractivity contribution in [1.29, 1.82) is 0 Å². The minimum absolute atomic E-state index is 0.116. The summed E-state index contributed by atoms with van der Waals surface area (Å²) in [6.45, 7) is 3.13. The first-order valence-electron chi connectivity index (χ1n) is 6.86. The molecule has 2 heterocycles. The number of nitrogen functional groups attached to an aromatic ring is 1. The van der Waals surface area contributed by atoms with Crippen LogP contribution in [0.3, 0.4) is 0 Å². The van der Waals surface area contributed by atoms with Crippen molar-refractivity contribution in [3.8, 4) is 0 Å². The highest BCUT2D eigenvalue weighted by atomic mass is 16.4. The first-order chi connectivity index (χ1) is 9.47. The summed E-state index contributed by atoms with van der Waals surface area (Å²) >= 11 is 0. The van der Waals surface area contributed by atoms with Gasteiger partial charge in [-0.2, -0.15) is 0 Å². The maximum Gasteiger partial charge on any atom is 0.337 e. The van der Waals surface area contributed by atoms with E-state index in [4.69, 9.17) is 10.8 Å². The molecule has 0 aromatic carbocycles. The van der Waals surface area contributed by atoms with Gasteiger partial charge in [0.15, 0.2) is 0 Å². The lowest BCUT2D eigenvalue weighted by Gasteiger charge is -2.32. The van der Waals surface area contributed by atoms with E-state index in [9.17, 15) is 4.79 Å². The molecular weight excluding hydrogens is 256 g/mol. The highest BCUT2D eigenvalue weighted by Crippen LogP contribution is 2.21. The van der Waals surface area contributed by atoms with Crippen molar-refractivity contribution in [2.45, 2.75) is 12.8 Å². The summed E-state index contributed by atoms with van der Waals surface area (Å²) in [5.74, 6) is 0.276. The normalized spacial score (nSPS) is 17.1. The predicted octanol–water partition coefficient (Wildman–Crippen LogP) is 1.14. The van der Waals surface area contributed by atoms with Crippen LogP contribution in [0.4, 0.5) is 11.5 Å². The van der Waals surface area contributed by atoms with Gasteiger partial charge in [-0.3, -0.25) is 0 Å². The number of likely N-dealkylation sites (tertiary alicyclic amines) is 1. The molecule has 1 aliphatic rings. The minimum Gasteiger partial charge on any atom is -0.478 e. The lowest BCUT2D eigenvalue weighted by Crippen LogP contribution is -2.36. The zero-order valence-electron chi connectivity index (χ0n) is 12.0. The Morgan fingerprint density at radius 3 is 2.80 bits per heavy atom. The number of hydrogen-bond acceptors (Lipinski definition) is 5. The molecule has 1 aromatic heterocycles. The van der Waals surface area contributed by atoms with Crippen LogP contribution < -0.4 is 10.6 Å². The van der Waals surface area contributed by atoms with Crippen molar-refractivity contribution >= 4 is 17.5 Å². The molecule has 0 aliphatic carbocycles. The molecule has 0 unspecified atom stereocenters. The summed E-state index contributed by atoms with van der Waals surface area (Å²) in [5.41, 5.74) is 5.94. The lowest BCUT2D eigenvalue weighted by molar-refractivity contribution is 0.0698. The molecule has 110 valence electrons. The van der Waals surface area contributed by atoms with E-state index in [2.05, 4.69) is 16.9 Å². The fraction of sp³-hybridized carbons (Fsp3) is 0.571. The quantitative estimate of drug-likeness (QED) is 0.859. The number of carboxylic acid groups (broad SMARTS) is 1. The van der Waals surface area contributed by atoms with Crippen LogP contribution >= 0.6 is 0 Å². The van der Waals surface area contributed by atoms with Gasteiger partial charge in [0.25, 0.3) is 0 Å². The van der Waals surface area contributed by atoms with E-state index in [1.807, 2.05) is 11.9 Å². The Balaban J connectivity index is 2.03. The molecule has 1 fully saturated rings. The van der Waals surface area contributed by atoms with Crippen LogP contribution in [-0.4, -0.2) is 54.7 Å². The number of aromatic carboxylic acids is 1. The fourth-order valence-corrected chi connectivity index (χ4v) is 2.57. The summed E-state index contributed by atoms with van der Waals surface area (Å²) in [4.78, 5) is 19.7. The fourth-order valence-electron chi connectivity index (χ4n) is 2.57. The average Bonchev–Trinajstić information content (AvgIpc) is 2.41. The first kappa shape index (κ1) is 14.6. The van der Waals surface area contributed by atoms with Gasteiger partial charge >= 0.3 is 5.97 Å². The summed E-state index contributed by atoms with van der Waals surface area (Å²) in [6.07, 6.45) is 3.76. The van der Waals surface area contributed by atoms with Crippen LogP contribution in [0.15, 0.2) is 12.3 Å². The van der Waals surface area contributed by atoms with Crippen molar-refractivity contribution < 1.29 is 9.90 Å². The molecule has 1 aromatic rings. The summed E-state index contributed by atoms with van der Waals surface area (Å²) < 4.78 is 0. The van der Waals surface area contributed by atoms with Gasteiger partial charge < -0.3 is 20.6 Å². The number of carboxylic acids is 1. The van der Waals surface area contributed by atoms with Gasteiger partial charge in [0, 0.05) is 13.6 Å². The maximum atomic E-state index is 11.1. The van der Waals surface area contributed by atoms with Crippen LogP contribution in [0.2, 0.25) is 0 Å². The smallest absolute Gasteiger partial charge is 0.337 e. The van der Waals surface area contributed by atoms with Crippen molar-refractivity contribution in [2.75, 3.05) is 44.4 Å². The van der Waals surface area contributed by atoms with Crippen molar-refractivity contribution in [3.63, 3.8) is 0 Å². The molecule has 20 heavy (non-hydrogen) atoms. The van der Waals surface area contributed by atoms with Gasteiger partial charge in [0.2, 0.25) is 0 Å². The van der Waals surface area contributed by atoms with Crippen molar-refractivity contribution in [2.24, 2.45) is 5.92 Å². The molecule has 6 nitrogen and oxygen atoms in total. The SMILES string of the molecule is CN1CCC(CN(C)c2cc(C(=O)O)c(N)cn2)CC1. The second kappa shape index (κ2) is 6.09. The molecule has 1 aliphatic heterocycles. The number of nitrogens with two attached hydrogens (primary N) is 1. The number of rotatable bonds is 4. The third-order valence-electron chi connectivity index (χ3n) is 3.91. The van der Waals surface area contributed by atoms with E-state index in [1.165, 1.54) is 19.0 Å². The van der Waals surface area contributed by atoms with Gasteiger partial charge in [-0.05, 0) is 45.0 Å². The van der Waals surface area contributed by atoms with Gasteiger partial charge in [-0.15, -0.1) is 0 Å². The van der Waals surface area contributed by atoms with E-state index in [0.29, 0.717) is 11.7 Å². The maximum absolute atomic E-state index is 11.1. The van der Waals surface area contributed by atoms with Crippen molar-refractivity contribution in [3.05, 3.63) is 17.8 Å². The highest BCUT2D eigenvalue weighted by Gasteiger charge is 2.19. The van der Waals surface area contributed by atoms with E-state index in [0.717, 1.165) is 19.6 Å². The number of pyridine rings is 1. The highest BCUT2D eigenvalue weighted by molar-refractivity contribution is 5.94. The van der Waals surface area contributed by atoms with Crippen LogP contribution in [0.5, 0.6) is 0 Å². The third-order valence-corrected chi connectivity index (χ3v) is 3.91. The average molecular weight is 278 g/mol. The van der Waals surface area contributed by atoms with Gasteiger partial charge in [-0.1, -0.05) is 0 Å². The van der Waals surface area contributed by atoms with E-state index in [1.54, 1.807) is 6.07 Å². The molecule has 0 spiro atoms. The largest absolute Gasteiger partial charge is 0.478 e. The first-order valence-corrected chi connectivity index (χ1v) is 6.86. The molecule has 3 N–H and O–H groups in total. The number of piperidine rings is 1. The molecule has 0 saturated carbocycles. The third kappa shape index (κ3) is 3.39. The van der Waals surface area contributed by atoms with Gasteiger partial charge in [-0.25, -0.2) is 9.78 Å². The van der Waals surface area contributed by atoms with Crippen LogP contribution in [-0.2, 0) is 0 Å². The molecular formula is C14H22N4O2. The molecule has 0 atom stereocenters. The monoisotopic (exact) mass is 278 g/mol. The summed E-state index contributed by atoms with van der Waals surface area (Å²) in [6, 6.07) is 1.55. The lowest BCUT2D eigenvalue weighted by atomic mass is 9.96. The van der Waals surface area contributed by atoms with E-state index >= 15 is 0 Å². The van der Waals surface area contributed by atoms with Crippen LogP contribution in [0, 0.1) is 5.92 Å². The molecule has 6 heteroatoms. The van der Waals surface area contributed by atoms with Gasteiger partial charge in [0.1, 0.15) is 5.82 Å². The number of carbonyl (C=O) groups is 1. The minimum atomic E-state index is -1.01. The second-order valence-electron chi connectivity index (χ2n) is 5.56. The number of aromatic nitrogens is 1. The van der Waals surface area contributed by atoms with Gasteiger partial charge in [0.05, 0.1) is 17.4 Å². The Morgan fingerprint density at radius 2 is 2.20 bits per heavy atom.